The maximum Gasteiger partial charge on any atom is 0.195 e. The minimum absolute atomic E-state index is 0.198. The molecule has 2 rings (SSSR count). The summed E-state index contributed by atoms with van der Waals surface area (Å²) in [5.74, 6) is 0.201. The summed E-state index contributed by atoms with van der Waals surface area (Å²) in [4.78, 5) is 3.94. The molecular weight excluding hydrogens is 330 g/mol. The van der Waals surface area contributed by atoms with Gasteiger partial charge in [0.15, 0.2) is 14.9 Å². The van der Waals surface area contributed by atoms with Crippen molar-refractivity contribution in [2.75, 3.05) is 5.75 Å². The number of aromatic nitrogens is 1. The summed E-state index contributed by atoms with van der Waals surface area (Å²) in [7, 11) is -3.21. The average molecular weight is 360 g/mol. The highest BCUT2D eigenvalue weighted by Crippen LogP contribution is 2.16. The van der Waals surface area contributed by atoms with Crippen molar-refractivity contribution >= 4 is 9.84 Å². The lowest BCUT2D eigenvalue weighted by Gasteiger charge is -2.07. The van der Waals surface area contributed by atoms with Crippen LogP contribution in [0.25, 0.3) is 0 Å². The number of sulfone groups is 1. The van der Waals surface area contributed by atoms with Crippen LogP contribution in [0.4, 0.5) is 0 Å². The molecule has 1 aromatic heterocycles. The maximum atomic E-state index is 12.1. The molecule has 0 spiro atoms. The van der Waals surface area contributed by atoms with Gasteiger partial charge < -0.3 is 0 Å². The number of aryl methyl sites for hydroxylation is 3. The number of nitrogens with zero attached hydrogens (tertiary/aromatic N) is 1. The van der Waals surface area contributed by atoms with Gasteiger partial charge in [0.05, 0.1) is 5.75 Å². The molecule has 0 radical (unpaired) electrons. The van der Waals surface area contributed by atoms with Crippen molar-refractivity contribution < 1.29 is 8.42 Å². The molecule has 0 fully saturated rings. The molecule has 0 N–H and O–H groups in total. The van der Waals surface area contributed by atoms with E-state index in [1.807, 2.05) is 0 Å². The van der Waals surface area contributed by atoms with Crippen LogP contribution in [0, 0.1) is 13.8 Å². The van der Waals surface area contributed by atoms with Crippen molar-refractivity contribution in [2.24, 2.45) is 0 Å². The SMILES string of the molecule is Cc1ccc(C)c(CCCCCCCCS(=O)(=O)c2ccccn2)c1. The fourth-order valence-electron chi connectivity index (χ4n) is 3.02. The molecule has 0 bridgehead atoms. The van der Waals surface area contributed by atoms with E-state index >= 15 is 0 Å². The first-order chi connectivity index (χ1) is 12.0. The van der Waals surface area contributed by atoms with E-state index in [1.165, 1.54) is 42.1 Å². The Bertz CT molecular complexity index is 755. The lowest BCUT2D eigenvalue weighted by molar-refractivity contribution is 0.577. The fraction of sp³-hybridized carbons (Fsp3) is 0.476. The summed E-state index contributed by atoms with van der Waals surface area (Å²) in [6.07, 6.45) is 9.05. The first-order valence-electron chi connectivity index (χ1n) is 9.19. The van der Waals surface area contributed by atoms with E-state index in [1.54, 1.807) is 18.2 Å². The third-order valence-electron chi connectivity index (χ3n) is 4.57. The second-order valence-electron chi connectivity index (χ2n) is 6.79. The standard InChI is InChI=1S/C21H29NO2S/c1-18-13-14-19(2)20(17-18)11-7-5-3-4-6-10-16-25(23,24)21-12-8-9-15-22-21/h8-9,12-15,17H,3-7,10-11,16H2,1-2H3. The Hall–Kier alpha value is -1.68. The topological polar surface area (TPSA) is 47.0 Å². The Balaban J connectivity index is 1.59. The minimum atomic E-state index is -3.21. The Morgan fingerprint density at radius 1 is 0.880 bits per heavy atom. The molecule has 1 heterocycles. The number of pyridine rings is 1. The zero-order valence-electron chi connectivity index (χ0n) is 15.4. The van der Waals surface area contributed by atoms with Crippen LogP contribution in [-0.4, -0.2) is 19.2 Å². The molecular formula is C21H29NO2S. The maximum absolute atomic E-state index is 12.1. The van der Waals surface area contributed by atoms with E-state index in [0.717, 1.165) is 25.7 Å². The smallest absolute Gasteiger partial charge is 0.195 e. The quantitative estimate of drug-likeness (QED) is 0.557. The highest BCUT2D eigenvalue weighted by Gasteiger charge is 2.14. The van der Waals surface area contributed by atoms with E-state index in [9.17, 15) is 8.42 Å². The second-order valence-corrected chi connectivity index (χ2v) is 8.84. The van der Waals surface area contributed by atoms with Gasteiger partial charge in [0.25, 0.3) is 0 Å². The van der Waals surface area contributed by atoms with Crippen LogP contribution in [0.2, 0.25) is 0 Å². The van der Waals surface area contributed by atoms with E-state index in [4.69, 9.17) is 0 Å². The van der Waals surface area contributed by atoms with Crippen LogP contribution in [-0.2, 0) is 16.3 Å². The Labute approximate surface area is 152 Å². The van der Waals surface area contributed by atoms with Crippen LogP contribution in [0.3, 0.4) is 0 Å². The first-order valence-corrected chi connectivity index (χ1v) is 10.8. The van der Waals surface area contributed by atoms with Gasteiger partial charge >= 0.3 is 0 Å². The summed E-state index contributed by atoms with van der Waals surface area (Å²) in [6, 6.07) is 11.7. The monoisotopic (exact) mass is 359 g/mol. The van der Waals surface area contributed by atoms with Crippen molar-refractivity contribution in [1.82, 2.24) is 4.98 Å². The second kappa shape index (κ2) is 9.71. The average Bonchev–Trinajstić information content (AvgIpc) is 2.61. The molecule has 4 heteroatoms. The Morgan fingerprint density at radius 2 is 1.60 bits per heavy atom. The number of hydrogen-bond donors (Lipinski definition) is 0. The molecule has 0 saturated carbocycles. The van der Waals surface area contributed by atoms with E-state index in [2.05, 4.69) is 37.0 Å². The lowest BCUT2D eigenvalue weighted by Crippen LogP contribution is -2.08. The third kappa shape index (κ3) is 6.62. The van der Waals surface area contributed by atoms with Crippen LogP contribution in [0.1, 0.15) is 55.2 Å². The largest absolute Gasteiger partial charge is 0.245 e. The number of rotatable bonds is 10. The van der Waals surface area contributed by atoms with Crippen molar-refractivity contribution in [1.29, 1.82) is 0 Å². The third-order valence-corrected chi connectivity index (χ3v) is 6.28. The minimum Gasteiger partial charge on any atom is -0.245 e. The highest BCUT2D eigenvalue weighted by molar-refractivity contribution is 7.91. The van der Waals surface area contributed by atoms with Crippen molar-refractivity contribution in [3.63, 3.8) is 0 Å². The number of hydrogen-bond acceptors (Lipinski definition) is 3. The van der Waals surface area contributed by atoms with Gasteiger partial charge in [-0.05, 0) is 56.4 Å². The normalized spacial score (nSPS) is 11.6. The molecule has 2 aromatic rings. The summed E-state index contributed by atoms with van der Waals surface area (Å²) in [6.45, 7) is 4.32. The zero-order chi connectivity index (χ0) is 18.1. The summed E-state index contributed by atoms with van der Waals surface area (Å²) in [5.41, 5.74) is 4.17. The van der Waals surface area contributed by atoms with Gasteiger partial charge in [-0.15, -0.1) is 0 Å². The molecule has 136 valence electrons. The van der Waals surface area contributed by atoms with Crippen molar-refractivity contribution in [2.45, 2.75) is 63.8 Å². The number of unbranched alkanes of at least 4 members (excludes halogenated alkanes) is 5. The fourth-order valence-corrected chi connectivity index (χ4v) is 4.32. The summed E-state index contributed by atoms with van der Waals surface area (Å²) < 4.78 is 24.2. The molecule has 0 atom stereocenters. The van der Waals surface area contributed by atoms with Gasteiger partial charge in [0.2, 0.25) is 0 Å². The molecule has 3 nitrogen and oxygen atoms in total. The first kappa shape index (κ1) is 19.6. The predicted octanol–water partition coefficient (Wildman–Crippen LogP) is 5.06. The number of benzene rings is 1. The van der Waals surface area contributed by atoms with Crippen LogP contribution >= 0.6 is 0 Å². The highest BCUT2D eigenvalue weighted by atomic mass is 32.2. The zero-order valence-corrected chi connectivity index (χ0v) is 16.2. The van der Waals surface area contributed by atoms with Crippen molar-refractivity contribution in [3.8, 4) is 0 Å². The van der Waals surface area contributed by atoms with E-state index in [0.29, 0.717) is 0 Å². The van der Waals surface area contributed by atoms with Gasteiger partial charge in [-0.1, -0.05) is 55.5 Å². The molecule has 0 amide bonds. The molecule has 1 aromatic carbocycles. The molecule has 25 heavy (non-hydrogen) atoms. The summed E-state index contributed by atoms with van der Waals surface area (Å²) in [5, 5.41) is 0.198. The Kier molecular flexibility index (Phi) is 7.63. The molecule has 0 aliphatic heterocycles. The van der Waals surface area contributed by atoms with Gasteiger partial charge in [0, 0.05) is 6.20 Å². The van der Waals surface area contributed by atoms with Gasteiger partial charge in [-0.2, -0.15) is 0 Å². The lowest BCUT2D eigenvalue weighted by atomic mass is 9.99. The molecule has 0 saturated heterocycles. The van der Waals surface area contributed by atoms with Crippen LogP contribution in [0.5, 0.6) is 0 Å². The predicted molar refractivity (Wildman–Crippen MR) is 104 cm³/mol. The van der Waals surface area contributed by atoms with Crippen molar-refractivity contribution in [3.05, 3.63) is 59.3 Å². The van der Waals surface area contributed by atoms with Crippen LogP contribution in [0.15, 0.2) is 47.6 Å². The van der Waals surface area contributed by atoms with E-state index < -0.39 is 9.84 Å². The van der Waals surface area contributed by atoms with E-state index in [-0.39, 0.29) is 10.8 Å². The molecule has 0 aliphatic carbocycles. The van der Waals surface area contributed by atoms with Gasteiger partial charge in [-0.3, -0.25) is 0 Å². The van der Waals surface area contributed by atoms with Gasteiger partial charge in [0.1, 0.15) is 0 Å². The van der Waals surface area contributed by atoms with Gasteiger partial charge in [-0.25, -0.2) is 13.4 Å². The molecule has 0 aliphatic rings. The van der Waals surface area contributed by atoms with Crippen LogP contribution < -0.4 is 0 Å². The Morgan fingerprint density at radius 3 is 2.32 bits per heavy atom. The summed E-state index contributed by atoms with van der Waals surface area (Å²) >= 11 is 0. The molecule has 0 unspecified atom stereocenters.